The van der Waals surface area contributed by atoms with Gasteiger partial charge < -0.3 is 9.84 Å². The smallest absolute Gasteiger partial charge is 0.309 e. The minimum atomic E-state index is -0.694. The summed E-state index contributed by atoms with van der Waals surface area (Å²) in [7, 11) is 0. The maximum atomic E-state index is 13.2. The lowest BCUT2D eigenvalue weighted by molar-refractivity contribution is -0.156. The fourth-order valence-electron chi connectivity index (χ4n) is 2.78. The summed E-state index contributed by atoms with van der Waals surface area (Å²) in [5, 5.41) is 18.1. The lowest BCUT2D eigenvalue weighted by atomic mass is 10.0. The van der Waals surface area contributed by atoms with E-state index in [2.05, 4.69) is 10.3 Å². The van der Waals surface area contributed by atoms with Gasteiger partial charge in [-0.1, -0.05) is 5.21 Å². The fourth-order valence-corrected chi connectivity index (χ4v) is 2.78. The van der Waals surface area contributed by atoms with Crippen LogP contribution in [0.1, 0.15) is 38.4 Å². The zero-order valence-electron chi connectivity index (χ0n) is 14.1. The molecule has 0 spiro atoms. The van der Waals surface area contributed by atoms with Crippen LogP contribution in [0.4, 0.5) is 4.39 Å². The van der Waals surface area contributed by atoms with Gasteiger partial charge in [-0.3, -0.25) is 4.79 Å². The van der Waals surface area contributed by atoms with Gasteiger partial charge in [0, 0.05) is 18.0 Å². The maximum absolute atomic E-state index is 13.2. The minimum Gasteiger partial charge on any atom is -0.458 e. The van der Waals surface area contributed by atoms with Crippen molar-refractivity contribution in [3.8, 4) is 11.3 Å². The molecular weight excluding hydrogens is 325 g/mol. The summed E-state index contributed by atoms with van der Waals surface area (Å²) < 4.78 is 20.2. The van der Waals surface area contributed by atoms with Gasteiger partial charge in [0.15, 0.2) is 0 Å². The van der Waals surface area contributed by atoms with Crippen LogP contribution in [-0.4, -0.2) is 38.3 Å². The van der Waals surface area contributed by atoms with E-state index in [0.717, 1.165) is 11.3 Å². The number of ether oxygens (including phenoxy) is 1. The summed E-state index contributed by atoms with van der Waals surface area (Å²) in [6.45, 7) is 3.95. The molecule has 0 saturated carbocycles. The number of aliphatic hydroxyl groups is 1. The molecule has 132 valence electrons. The molecule has 0 bridgehead atoms. The number of aromatic nitrogens is 3. The first-order valence-corrected chi connectivity index (χ1v) is 8.21. The van der Waals surface area contributed by atoms with Gasteiger partial charge in [0.2, 0.25) is 0 Å². The first kappa shape index (κ1) is 17.3. The number of carbonyl (C=O) groups is 1. The average molecular weight is 345 g/mol. The second-order valence-corrected chi connectivity index (χ2v) is 6.35. The summed E-state index contributed by atoms with van der Waals surface area (Å²) in [6, 6.07) is 6.10. The molecule has 0 radical (unpaired) electrons. The third-order valence-corrected chi connectivity index (χ3v) is 4.00. The zero-order valence-corrected chi connectivity index (χ0v) is 14.1. The van der Waals surface area contributed by atoms with Gasteiger partial charge in [0.05, 0.1) is 18.2 Å². The molecule has 0 unspecified atom stereocenters. The van der Waals surface area contributed by atoms with Crippen molar-refractivity contribution in [2.75, 3.05) is 0 Å². The van der Waals surface area contributed by atoms with E-state index in [1.807, 2.05) is 13.8 Å². The van der Waals surface area contributed by atoms with Crippen molar-refractivity contribution in [2.24, 2.45) is 0 Å². The first-order chi connectivity index (χ1) is 11.9. The molecule has 1 saturated heterocycles. The number of rotatable bonds is 4. The Morgan fingerprint density at radius 1 is 1.36 bits per heavy atom. The molecule has 0 aliphatic carbocycles. The predicted octanol–water partition coefficient (Wildman–Crippen LogP) is 2.74. The largest absolute Gasteiger partial charge is 0.458 e. The molecule has 1 aliphatic rings. The zero-order chi connectivity index (χ0) is 18.0. The number of hydrogen-bond acceptors (Lipinski definition) is 5. The highest BCUT2D eigenvalue weighted by Gasteiger charge is 2.25. The highest BCUT2D eigenvalue weighted by molar-refractivity contribution is 5.72. The number of benzene rings is 1. The summed E-state index contributed by atoms with van der Waals surface area (Å²) in [5.41, 5.74) is 2.10. The molecule has 2 aromatic rings. The number of cyclic esters (lactones) is 1. The highest BCUT2D eigenvalue weighted by Crippen LogP contribution is 2.26. The number of nitrogens with zero attached hydrogens (tertiary/aromatic N) is 3. The Balaban J connectivity index is 1.93. The SMILES string of the molecule is CC(C)n1nnc(-c2ccc(F)cc2)c1/C=C/[C@@H]1C[C@@H](O)CC(=O)O1. The van der Waals surface area contributed by atoms with Crippen LogP contribution in [0.2, 0.25) is 0 Å². The van der Waals surface area contributed by atoms with E-state index < -0.39 is 18.2 Å². The van der Waals surface area contributed by atoms with E-state index in [0.29, 0.717) is 12.1 Å². The molecule has 1 aromatic carbocycles. The monoisotopic (exact) mass is 345 g/mol. The molecule has 25 heavy (non-hydrogen) atoms. The molecule has 3 rings (SSSR count). The predicted molar refractivity (Wildman–Crippen MR) is 90.0 cm³/mol. The van der Waals surface area contributed by atoms with Crippen molar-refractivity contribution in [2.45, 2.75) is 44.9 Å². The summed E-state index contributed by atoms with van der Waals surface area (Å²) in [5.74, 6) is -0.733. The van der Waals surface area contributed by atoms with Gasteiger partial charge in [-0.15, -0.1) is 5.10 Å². The van der Waals surface area contributed by atoms with Crippen LogP contribution in [0.15, 0.2) is 30.3 Å². The topological polar surface area (TPSA) is 77.2 Å². The van der Waals surface area contributed by atoms with Crippen LogP contribution in [0.25, 0.3) is 17.3 Å². The van der Waals surface area contributed by atoms with Crippen molar-refractivity contribution in [1.82, 2.24) is 15.0 Å². The molecule has 1 aromatic heterocycles. The van der Waals surface area contributed by atoms with E-state index in [9.17, 15) is 14.3 Å². The molecular formula is C18H20FN3O3. The number of hydrogen-bond donors (Lipinski definition) is 1. The molecule has 1 N–H and O–H groups in total. The Morgan fingerprint density at radius 2 is 2.08 bits per heavy atom. The first-order valence-electron chi connectivity index (χ1n) is 8.21. The Morgan fingerprint density at radius 3 is 2.72 bits per heavy atom. The van der Waals surface area contributed by atoms with Crippen LogP contribution in [0.3, 0.4) is 0 Å². The van der Waals surface area contributed by atoms with E-state index in [-0.39, 0.29) is 18.3 Å². The van der Waals surface area contributed by atoms with Crippen LogP contribution in [0, 0.1) is 5.82 Å². The van der Waals surface area contributed by atoms with Gasteiger partial charge in [-0.2, -0.15) is 0 Å². The third kappa shape index (κ3) is 3.93. The van der Waals surface area contributed by atoms with Gasteiger partial charge in [-0.05, 0) is 50.3 Å². The van der Waals surface area contributed by atoms with Crippen LogP contribution in [0.5, 0.6) is 0 Å². The molecule has 0 amide bonds. The molecule has 7 heteroatoms. The van der Waals surface area contributed by atoms with Crippen molar-refractivity contribution in [3.05, 3.63) is 41.9 Å². The molecule has 2 heterocycles. The molecule has 6 nitrogen and oxygen atoms in total. The summed E-state index contributed by atoms with van der Waals surface area (Å²) in [4.78, 5) is 11.5. The second-order valence-electron chi connectivity index (χ2n) is 6.35. The standard InChI is InChI=1S/C18H20FN3O3/c1-11(2)22-16(8-7-15-9-14(23)10-17(24)25-15)18(20-21-22)12-3-5-13(19)6-4-12/h3-8,11,14-15,23H,9-10H2,1-2H3/b8-7+/t14-,15-/m1/s1. The highest BCUT2D eigenvalue weighted by atomic mass is 19.1. The Kier molecular flexibility index (Phi) is 4.94. The fraction of sp³-hybridized carbons (Fsp3) is 0.389. The number of carbonyl (C=O) groups excluding carboxylic acids is 1. The number of aliphatic hydroxyl groups excluding tert-OH is 1. The third-order valence-electron chi connectivity index (χ3n) is 4.00. The van der Waals surface area contributed by atoms with Crippen LogP contribution < -0.4 is 0 Å². The number of halogens is 1. The number of esters is 1. The van der Waals surface area contributed by atoms with Crippen LogP contribution in [-0.2, 0) is 9.53 Å². The van der Waals surface area contributed by atoms with Gasteiger partial charge in [0.1, 0.15) is 17.6 Å². The van der Waals surface area contributed by atoms with E-state index in [4.69, 9.17) is 4.74 Å². The van der Waals surface area contributed by atoms with Crippen molar-refractivity contribution >= 4 is 12.0 Å². The van der Waals surface area contributed by atoms with Crippen molar-refractivity contribution < 1.29 is 19.0 Å². The summed E-state index contributed by atoms with van der Waals surface area (Å²) >= 11 is 0. The summed E-state index contributed by atoms with van der Waals surface area (Å²) in [6.07, 6.45) is 2.71. The van der Waals surface area contributed by atoms with Crippen molar-refractivity contribution in [3.63, 3.8) is 0 Å². The second kappa shape index (κ2) is 7.14. The van der Waals surface area contributed by atoms with E-state index in [1.165, 1.54) is 12.1 Å². The Bertz CT molecular complexity index is 783. The maximum Gasteiger partial charge on any atom is 0.309 e. The van der Waals surface area contributed by atoms with Crippen molar-refractivity contribution in [1.29, 1.82) is 0 Å². The van der Waals surface area contributed by atoms with Gasteiger partial charge >= 0.3 is 5.97 Å². The van der Waals surface area contributed by atoms with Gasteiger partial charge in [-0.25, -0.2) is 9.07 Å². The van der Waals surface area contributed by atoms with Gasteiger partial charge in [0.25, 0.3) is 0 Å². The molecule has 1 fully saturated rings. The van der Waals surface area contributed by atoms with E-state index >= 15 is 0 Å². The normalized spacial score (nSPS) is 21.1. The van der Waals surface area contributed by atoms with Crippen LogP contribution >= 0.6 is 0 Å². The Labute approximate surface area is 144 Å². The lowest BCUT2D eigenvalue weighted by Gasteiger charge is -2.23. The van der Waals surface area contributed by atoms with E-state index in [1.54, 1.807) is 29.0 Å². The quantitative estimate of drug-likeness (QED) is 0.862. The average Bonchev–Trinajstić information content (AvgIpc) is 2.97. The minimum absolute atomic E-state index is 0.0245. The molecule has 1 aliphatic heterocycles. The Hall–Kier alpha value is -2.54. The lowest BCUT2D eigenvalue weighted by Crippen LogP contribution is -2.31. The molecule has 2 atom stereocenters.